The van der Waals surface area contributed by atoms with Gasteiger partial charge < -0.3 is 10.0 Å². The molecule has 0 fully saturated rings. The van der Waals surface area contributed by atoms with Gasteiger partial charge in [0.05, 0.1) is 0 Å². The summed E-state index contributed by atoms with van der Waals surface area (Å²) in [6.45, 7) is 1.75. The largest absolute Gasteiger partial charge is 0.506 e. The average Bonchev–Trinajstić information content (AvgIpc) is 2.23. The molecule has 0 radical (unpaired) electrons. The minimum absolute atomic E-state index is 0.155. The summed E-state index contributed by atoms with van der Waals surface area (Å²) in [5, 5.41) is 9.76. The second kappa shape index (κ2) is 6.93. The Kier molecular flexibility index (Phi) is 5.88. The molecule has 0 saturated carbocycles. The maximum absolute atomic E-state index is 9.76. The van der Waals surface area contributed by atoms with Gasteiger partial charge in [-0.25, -0.2) is 0 Å². The van der Waals surface area contributed by atoms with E-state index >= 15 is 0 Å². The molecule has 0 aliphatic heterocycles. The molecule has 1 aromatic rings. The molecular formula is C12H18N2OS2. The van der Waals surface area contributed by atoms with Gasteiger partial charge in [0, 0.05) is 28.1 Å². The molecule has 0 saturated heterocycles. The van der Waals surface area contributed by atoms with Gasteiger partial charge in [-0.05, 0) is 39.2 Å². The lowest BCUT2D eigenvalue weighted by Crippen LogP contribution is -2.13. The smallest absolute Gasteiger partial charge is 0.137 e. The predicted octanol–water partition coefficient (Wildman–Crippen LogP) is 2.34. The summed E-state index contributed by atoms with van der Waals surface area (Å²) in [7, 11) is 4.07. The van der Waals surface area contributed by atoms with E-state index in [0.29, 0.717) is 10.5 Å². The summed E-state index contributed by atoms with van der Waals surface area (Å²) in [5.74, 6) is 0.155. The van der Waals surface area contributed by atoms with Crippen molar-refractivity contribution in [2.24, 2.45) is 4.99 Å². The third kappa shape index (κ3) is 5.02. The van der Waals surface area contributed by atoms with Gasteiger partial charge >= 0.3 is 0 Å². The van der Waals surface area contributed by atoms with E-state index in [1.54, 1.807) is 18.3 Å². The van der Waals surface area contributed by atoms with E-state index in [1.165, 1.54) is 0 Å². The fourth-order valence-corrected chi connectivity index (χ4v) is 2.00. The van der Waals surface area contributed by atoms with Crippen LogP contribution >= 0.6 is 25.3 Å². The van der Waals surface area contributed by atoms with Crippen LogP contribution in [0.15, 0.2) is 26.9 Å². The molecule has 1 rings (SSSR count). The monoisotopic (exact) mass is 270 g/mol. The molecular weight excluding hydrogens is 252 g/mol. The number of phenols is 1. The van der Waals surface area contributed by atoms with Crippen LogP contribution in [0.5, 0.6) is 5.75 Å². The van der Waals surface area contributed by atoms with Crippen LogP contribution in [-0.2, 0) is 0 Å². The summed E-state index contributed by atoms with van der Waals surface area (Å²) in [6, 6.07) is 3.47. The zero-order chi connectivity index (χ0) is 12.8. The van der Waals surface area contributed by atoms with Gasteiger partial charge in [0.1, 0.15) is 5.75 Å². The number of aliphatic imine (C=N–C) groups is 1. The highest BCUT2D eigenvalue weighted by molar-refractivity contribution is 7.81. The second-order valence-corrected chi connectivity index (χ2v) is 5.09. The Balaban J connectivity index is 2.59. The van der Waals surface area contributed by atoms with Crippen LogP contribution in [0.2, 0.25) is 0 Å². The Morgan fingerprint density at radius 1 is 1.35 bits per heavy atom. The Morgan fingerprint density at radius 2 is 2.06 bits per heavy atom. The number of hydrogen-bond donors (Lipinski definition) is 3. The number of aromatic hydroxyl groups is 1. The highest BCUT2D eigenvalue weighted by atomic mass is 32.1. The van der Waals surface area contributed by atoms with E-state index in [9.17, 15) is 5.11 Å². The summed E-state index contributed by atoms with van der Waals surface area (Å²) in [4.78, 5) is 7.68. The zero-order valence-corrected chi connectivity index (χ0v) is 11.9. The number of benzene rings is 1. The van der Waals surface area contributed by atoms with Crippen molar-refractivity contribution in [2.45, 2.75) is 16.2 Å². The SMILES string of the molecule is CN(C)CCCN=Cc1cc(S)cc(S)c1O. The van der Waals surface area contributed by atoms with Crippen molar-refractivity contribution in [3.05, 3.63) is 17.7 Å². The number of rotatable bonds is 5. The highest BCUT2D eigenvalue weighted by Gasteiger charge is 2.03. The molecule has 3 nitrogen and oxygen atoms in total. The van der Waals surface area contributed by atoms with Crippen molar-refractivity contribution in [2.75, 3.05) is 27.2 Å². The van der Waals surface area contributed by atoms with E-state index in [-0.39, 0.29) is 5.75 Å². The standard InChI is InChI=1S/C12H18N2OS2/c1-14(2)5-3-4-13-8-9-6-10(16)7-11(17)12(9)15/h6-8,15-17H,3-5H2,1-2H3. The van der Waals surface area contributed by atoms with Crippen LogP contribution in [0.3, 0.4) is 0 Å². The van der Waals surface area contributed by atoms with E-state index in [2.05, 4.69) is 35.1 Å². The fraction of sp³-hybridized carbons (Fsp3) is 0.417. The van der Waals surface area contributed by atoms with E-state index in [4.69, 9.17) is 0 Å². The van der Waals surface area contributed by atoms with E-state index in [1.807, 2.05) is 14.1 Å². The number of thiol groups is 2. The molecule has 0 amide bonds. The number of phenolic OH excluding ortho intramolecular Hbond substituents is 1. The molecule has 0 aliphatic rings. The molecule has 0 aliphatic carbocycles. The quantitative estimate of drug-likeness (QED) is 0.436. The van der Waals surface area contributed by atoms with Crippen LogP contribution in [0.1, 0.15) is 12.0 Å². The van der Waals surface area contributed by atoms with Crippen LogP contribution in [0.25, 0.3) is 0 Å². The number of hydrogen-bond acceptors (Lipinski definition) is 5. The van der Waals surface area contributed by atoms with Gasteiger partial charge in [-0.15, -0.1) is 25.3 Å². The third-order valence-corrected chi connectivity index (χ3v) is 2.83. The lowest BCUT2D eigenvalue weighted by molar-refractivity contribution is 0.403. The van der Waals surface area contributed by atoms with Crippen LogP contribution in [-0.4, -0.2) is 43.4 Å². The molecule has 1 N–H and O–H groups in total. The van der Waals surface area contributed by atoms with Crippen molar-refractivity contribution >= 4 is 31.5 Å². The molecule has 17 heavy (non-hydrogen) atoms. The van der Waals surface area contributed by atoms with E-state index in [0.717, 1.165) is 24.4 Å². The normalized spacial score (nSPS) is 11.6. The minimum atomic E-state index is 0.155. The first-order chi connectivity index (χ1) is 8.00. The Morgan fingerprint density at radius 3 is 2.71 bits per heavy atom. The first kappa shape index (κ1) is 14.4. The maximum Gasteiger partial charge on any atom is 0.137 e. The molecule has 5 heteroatoms. The Labute approximate surface area is 113 Å². The minimum Gasteiger partial charge on any atom is -0.506 e. The zero-order valence-electron chi connectivity index (χ0n) is 10.1. The molecule has 94 valence electrons. The lowest BCUT2D eigenvalue weighted by Gasteiger charge is -2.07. The maximum atomic E-state index is 9.76. The van der Waals surface area contributed by atoms with Crippen molar-refractivity contribution in [3.8, 4) is 5.75 Å². The van der Waals surface area contributed by atoms with Crippen molar-refractivity contribution in [3.63, 3.8) is 0 Å². The van der Waals surface area contributed by atoms with Crippen molar-refractivity contribution < 1.29 is 5.11 Å². The third-order valence-electron chi connectivity index (χ3n) is 2.23. The molecule has 0 bridgehead atoms. The van der Waals surface area contributed by atoms with Crippen molar-refractivity contribution in [1.82, 2.24) is 4.90 Å². The molecule has 1 aromatic carbocycles. The molecule has 0 aromatic heterocycles. The van der Waals surface area contributed by atoms with Crippen LogP contribution in [0.4, 0.5) is 0 Å². The van der Waals surface area contributed by atoms with Gasteiger partial charge in [0.25, 0.3) is 0 Å². The Hall–Kier alpha value is -0.650. The van der Waals surface area contributed by atoms with Crippen molar-refractivity contribution in [1.29, 1.82) is 0 Å². The molecule has 0 unspecified atom stereocenters. The second-order valence-electron chi connectivity index (χ2n) is 4.09. The molecule has 0 spiro atoms. The molecule has 0 atom stereocenters. The highest BCUT2D eigenvalue weighted by Crippen LogP contribution is 2.27. The topological polar surface area (TPSA) is 35.8 Å². The summed E-state index contributed by atoms with van der Waals surface area (Å²) in [5.41, 5.74) is 0.660. The lowest BCUT2D eigenvalue weighted by atomic mass is 10.2. The predicted molar refractivity (Wildman–Crippen MR) is 78.2 cm³/mol. The van der Waals surface area contributed by atoms with Crippen LogP contribution in [0, 0.1) is 0 Å². The van der Waals surface area contributed by atoms with Gasteiger partial charge in [0.15, 0.2) is 0 Å². The van der Waals surface area contributed by atoms with Crippen LogP contribution < -0.4 is 0 Å². The first-order valence-corrected chi connectivity index (χ1v) is 6.29. The summed E-state index contributed by atoms with van der Waals surface area (Å²) >= 11 is 8.39. The van der Waals surface area contributed by atoms with Gasteiger partial charge in [0.2, 0.25) is 0 Å². The molecule has 0 heterocycles. The summed E-state index contributed by atoms with van der Waals surface area (Å²) in [6.07, 6.45) is 2.67. The fourth-order valence-electron chi connectivity index (χ4n) is 1.37. The number of nitrogens with zero attached hydrogens (tertiary/aromatic N) is 2. The van der Waals surface area contributed by atoms with E-state index < -0.39 is 0 Å². The Bertz CT molecular complexity index is 406. The van der Waals surface area contributed by atoms with Gasteiger partial charge in [-0.3, -0.25) is 4.99 Å². The van der Waals surface area contributed by atoms with Gasteiger partial charge in [-0.2, -0.15) is 0 Å². The van der Waals surface area contributed by atoms with Gasteiger partial charge in [-0.1, -0.05) is 0 Å². The summed E-state index contributed by atoms with van der Waals surface area (Å²) < 4.78 is 0. The first-order valence-electron chi connectivity index (χ1n) is 5.40. The average molecular weight is 270 g/mol.